The largest absolute Gasteiger partial charge is 0.444 e. The molecule has 230 valence electrons. The molecule has 42 heavy (non-hydrogen) atoms. The third kappa shape index (κ3) is 7.77. The highest BCUT2D eigenvalue weighted by molar-refractivity contribution is 5.97. The molecule has 3 aliphatic rings. The molecule has 1 aromatic rings. The number of nitrogens with one attached hydrogen (secondary N) is 3. The molecular weight excluding hydrogens is 542 g/mol. The summed E-state index contributed by atoms with van der Waals surface area (Å²) in [7, 11) is 0. The lowest BCUT2D eigenvalue weighted by Gasteiger charge is -2.38. The van der Waals surface area contributed by atoms with Crippen LogP contribution in [-0.2, 0) is 19.1 Å². The number of hydrogen-bond acceptors (Lipinski definition) is 7. The summed E-state index contributed by atoms with van der Waals surface area (Å²) < 4.78 is 5.46. The number of carbonyl (C=O) groups excluding carboxylic acids is 4. The highest BCUT2D eigenvalue weighted by Crippen LogP contribution is 2.59. The predicted molar refractivity (Wildman–Crippen MR) is 155 cm³/mol. The molecule has 1 aliphatic heterocycles. The van der Waals surface area contributed by atoms with Crippen molar-refractivity contribution in [1.82, 2.24) is 15.5 Å². The second-order valence-corrected chi connectivity index (χ2v) is 13.0. The van der Waals surface area contributed by atoms with Gasteiger partial charge in [0.05, 0.1) is 4.92 Å². The number of nitrogens with zero attached hydrogens (tertiary/aromatic N) is 2. The van der Waals surface area contributed by atoms with Crippen molar-refractivity contribution in [2.75, 3.05) is 18.4 Å². The van der Waals surface area contributed by atoms with Crippen LogP contribution in [0.1, 0.15) is 79.1 Å². The molecule has 12 nitrogen and oxygen atoms in total. The quantitative estimate of drug-likeness (QED) is 0.305. The molecule has 0 radical (unpaired) electrons. The normalized spacial score (nSPS) is 21.5. The summed E-state index contributed by atoms with van der Waals surface area (Å²) >= 11 is 0. The molecule has 0 aromatic heterocycles. The van der Waals surface area contributed by atoms with E-state index in [9.17, 15) is 29.3 Å². The number of nitro benzene ring substituents is 1. The standard InChI is InChI=1S/C30H43N5O7/c1-19(25(36)32-21-10-12-22(13-11-21)35(40)41)31-26(37)23-18-30(23)14-16-34(17-15-30)27(38)24(20-8-6-5-7-9-20)33-28(39)42-29(2,3)4/h10-13,19-20,23-24H,5-9,14-18H2,1-4H3,(H,31,37)(H,32,36)(H,33,39)/t19-,23?,24-/m0/s1. The van der Waals surface area contributed by atoms with Crippen molar-refractivity contribution in [2.24, 2.45) is 17.3 Å². The van der Waals surface area contributed by atoms with Crippen LogP contribution in [0.3, 0.4) is 0 Å². The van der Waals surface area contributed by atoms with Gasteiger partial charge in [0.2, 0.25) is 17.7 Å². The van der Waals surface area contributed by atoms with Gasteiger partial charge in [-0.3, -0.25) is 24.5 Å². The lowest BCUT2D eigenvalue weighted by atomic mass is 9.82. The van der Waals surface area contributed by atoms with E-state index >= 15 is 0 Å². The maximum atomic E-state index is 13.7. The van der Waals surface area contributed by atoms with Crippen LogP contribution in [0.2, 0.25) is 0 Å². The number of nitro groups is 1. The average Bonchev–Trinajstić information content (AvgIpc) is 3.64. The van der Waals surface area contributed by atoms with Gasteiger partial charge in [-0.05, 0) is 83.3 Å². The second-order valence-electron chi connectivity index (χ2n) is 13.0. The first-order valence-electron chi connectivity index (χ1n) is 14.9. The highest BCUT2D eigenvalue weighted by atomic mass is 16.6. The van der Waals surface area contributed by atoms with Crippen molar-refractivity contribution >= 4 is 35.2 Å². The first kappa shape index (κ1) is 31.2. The number of rotatable bonds is 8. The van der Waals surface area contributed by atoms with Gasteiger partial charge in [0.25, 0.3) is 5.69 Å². The van der Waals surface area contributed by atoms with Gasteiger partial charge >= 0.3 is 6.09 Å². The van der Waals surface area contributed by atoms with E-state index in [0.29, 0.717) is 38.0 Å². The lowest BCUT2D eigenvalue weighted by Crippen LogP contribution is -2.55. The van der Waals surface area contributed by atoms with Gasteiger partial charge in [0.1, 0.15) is 17.7 Å². The van der Waals surface area contributed by atoms with Gasteiger partial charge in [0.15, 0.2) is 0 Å². The zero-order valence-electron chi connectivity index (χ0n) is 24.9. The number of non-ortho nitro benzene ring substituents is 1. The Morgan fingerprint density at radius 2 is 1.64 bits per heavy atom. The number of alkyl carbamates (subject to hydrolysis) is 1. The van der Waals surface area contributed by atoms with Crippen molar-refractivity contribution in [1.29, 1.82) is 0 Å². The number of piperidine rings is 1. The Kier molecular flexibility index (Phi) is 9.42. The molecule has 1 spiro atoms. The average molecular weight is 586 g/mol. The first-order chi connectivity index (χ1) is 19.8. The summed E-state index contributed by atoms with van der Waals surface area (Å²) in [5.41, 5.74) is -0.523. The van der Waals surface area contributed by atoms with Gasteiger partial charge in [-0.2, -0.15) is 0 Å². The number of ether oxygens (including phenoxy) is 1. The zero-order chi connectivity index (χ0) is 30.7. The Bertz CT molecular complexity index is 1180. The molecule has 3 atom stereocenters. The summed E-state index contributed by atoms with van der Waals surface area (Å²) in [5, 5.41) is 19.2. The smallest absolute Gasteiger partial charge is 0.408 e. The molecule has 3 N–H and O–H groups in total. The molecule has 3 fully saturated rings. The maximum absolute atomic E-state index is 13.7. The lowest BCUT2D eigenvalue weighted by molar-refractivity contribution is -0.384. The molecule has 1 aromatic carbocycles. The SMILES string of the molecule is C[C@H](NC(=O)C1CC12CCN(C(=O)[C@@H](NC(=O)OC(C)(C)C)C1CCCCC1)CC2)C(=O)Nc1ccc([N+](=O)[O-])cc1. The number of hydrogen-bond donors (Lipinski definition) is 3. The molecule has 12 heteroatoms. The van der Waals surface area contributed by atoms with E-state index in [4.69, 9.17) is 4.74 Å². The summed E-state index contributed by atoms with van der Waals surface area (Å²) in [6.07, 6.45) is 6.49. The summed E-state index contributed by atoms with van der Waals surface area (Å²) in [5.74, 6) is -0.835. The molecular formula is C30H43N5O7. The van der Waals surface area contributed by atoms with E-state index in [1.807, 2.05) is 4.90 Å². The number of likely N-dealkylation sites (tertiary alicyclic amines) is 1. The van der Waals surface area contributed by atoms with E-state index in [1.54, 1.807) is 27.7 Å². The third-order valence-corrected chi connectivity index (χ3v) is 8.73. The Hall–Kier alpha value is -3.70. The fraction of sp³-hybridized carbons (Fsp3) is 0.667. The van der Waals surface area contributed by atoms with Crippen LogP contribution in [-0.4, -0.2) is 64.4 Å². The van der Waals surface area contributed by atoms with Crippen molar-refractivity contribution in [3.63, 3.8) is 0 Å². The Morgan fingerprint density at radius 3 is 2.21 bits per heavy atom. The summed E-state index contributed by atoms with van der Waals surface area (Å²) in [4.78, 5) is 64.0. The van der Waals surface area contributed by atoms with E-state index in [1.165, 1.54) is 24.3 Å². The molecule has 4 amide bonds. The summed E-state index contributed by atoms with van der Waals surface area (Å²) in [6.45, 7) is 8.00. The first-order valence-corrected chi connectivity index (χ1v) is 14.9. The Morgan fingerprint density at radius 1 is 1.02 bits per heavy atom. The van der Waals surface area contributed by atoms with E-state index < -0.39 is 34.6 Å². The van der Waals surface area contributed by atoms with Crippen LogP contribution >= 0.6 is 0 Å². The molecule has 2 saturated carbocycles. The van der Waals surface area contributed by atoms with Crippen molar-refractivity contribution in [3.05, 3.63) is 34.4 Å². The highest BCUT2D eigenvalue weighted by Gasteiger charge is 2.59. The van der Waals surface area contributed by atoms with Crippen LogP contribution in [0.25, 0.3) is 0 Å². The number of amides is 4. The van der Waals surface area contributed by atoms with Crippen molar-refractivity contribution in [3.8, 4) is 0 Å². The molecule has 1 unspecified atom stereocenters. The minimum atomic E-state index is -0.790. The number of carbonyl (C=O) groups is 4. The van der Waals surface area contributed by atoms with E-state index in [0.717, 1.165) is 32.1 Å². The van der Waals surface area contributed by atoms with Crippen LogP contribution in [0.5, 0.6) is 0 Å². The molecule has 2 aliphatic carbocycles. The van der Waals surface area contributed by atoms with Crippen LogP contribution < -0.4 is 16.0 Å². The number of benzene rings is 1. The minimum Gasteiger partial charge on any atom is -0.444 e. The third-order valence-electron chi connectivity index (χ3n) is 8.73. The Balaban J connectivity index is 1.28. The van der Waals surface area contributed by atoms with Gasteiger partial charge in [-0.15, -0.1) is 0 Å². The van der Waals surface area contributed by atoms with Crippen LogP contribution in [0.4, 0.5) is 16.2 Å². The maximum Gasteiger partial charge on any atom is 0.408 e. The fourth-order valence-corrected chi connectivity index (χ4v) is 6.22. The van der Waals surface area contributed by atoms with Crippen LogP contribution in [0.15, 0.2) is 24.3 Å². The molecule has 1 heterocycles. The predicted octanol–water partition coefficient (Wildman–Crippen LogP) is 4.14. The Labute approximate surface area is 246 Å². The van der Waals surface area contributed by atoms with Crippen molar-refractivity contribution in [2.45, 2.75) is 96.7 Å². The summed E-state index contributed by atoms with van der Waals surface area (Å²) in [6, 6.07) is 4.07. The zero-order valence-corrected chi connectivity index (χ0v) is 24.9. The number of anilines is 1. The monoisotopic (exact) mass is 585 g/mol. The molecule has 1 saturated heterocycles. The van der Waals surface area contributed by atoms with Crippen molar-refractivity contribution < 1.29 is 28.8 Å². The second kappa shape index (κ2) is 12.7. The minimum absolute atomic E-state index is 0.0766. The van der Waals surface area contributed by atoms with Gasteiger partial charge in [0, 0.05) is 36.8 Å². The molecule has 4 rings (SSSR count). The topological polar surface area (TPSA) is 160 Å². The van der Waals surface area contributed by atoms with E-state index in [2.05, 4.69) is 16.0 Å². The van der Waals surface area contributed by atoms with E-state index in [-0.39, 0.29) is 34.8 Å². The molecule has 0 bridgehead atoms. The van der Waals surface area contributed by atoms with Gasteiger partial charge in [-0.1, -0.05) is 19.3 Å². The van der Waals surface area contributed by atoms with Gasteiger partial charge < -0.3 is 25.6 Å². The fourth-order valence-electron chi connectivity index (χ4n) is 6.22. The van der Waals surface area contributed by atoms with Gasteiger partial charge in [-0.25, -0.2) is 4.79 Å². The van der Waals surface area contributed by atoms with Crippen LogP contribution in [0, 0.1) is 27.4 Å².